The molecule has 3 fully saturated rings. The van der Waals surface area contributed by atoms with Gasteiger partial charge in [0, 0.05) is 6.42 Å². The van der Waals surface area contributed by atoms with Crippen LogP contribution in [0.1, 0.15) is 90.9 Å². The summed E-state index contributed by atoms with van der Waals surface area (Å²) >= 11 is 0. The van der Waals surface area contributed by atoms with Crippen LogP contribution < -0.4 is 0 Å². The first-order valence-corrected chi connectivity index (χ1v) is 12.6. The fourth-order valence-electron chi connectivity index (χ4n) is 6.91. The van der Waals surface area contributed by atoms with Crippen molar-refractivity contribution in [1.29, 1.82) is 0 Å². The van der Waals surface area contributed by atoms with E-state index in [1.165, 1.54) is 38.4 Å². The Balaban J connectivity index is 1.57. The van der Waals surface area contributed by atoms with Gasteiger partial charge in [-0.25, -0.2) is 4.79 Å². The Hall–Kier alpha value is -1.46. The zero-order valence-corrected chi connectivity index (χ0v) is 20.1. The van der Waals surface area contributed by atoms with Crippen LogP contribution in [-0.2, 0) is 14.3 Å². The van der Waals surface area contributed by atoms with Crippen molar-refractivity contribution < 1.29 is 24.5 Å². The highest BCUT2D eigenvalue weighted by Crippen LogP contribution is 2.59. The van der Waals surface area contributed by atoms with E-state index in [4.69, 9.17) is 0 Å². The summed E-state index contributed by atoms with van der Waals surface area (Å²) in [6.07, 6.45) is 14.8. The van der Waals surface area contributed by atoms with Gasteiger partial charge in [0.15, 0.2) is 0 Å². The summed E-state index contributed by atoms with van der Waals surface area (Å²) in [6, 6.07) is 0. The van der Waals surface area contributed by atoms with Crippen molar-refractivity contribution in [1.82, 2.24) is 0 Å². The van der Waals surface area contributed by atoms with Gasteiger partial charge in [-0.2, -0.15) is 0 Å². The first kappa shape index (κ1) is 25.2. The number of methoxy groups -OCH3 is 1. The molecule has 0 spiro atoms. The number of Topliss-reactive ketones (excluding diaryl/α,β-unsaturated/α-hetero) is 1. The Labute approximate surface area is 193 Å². The maximum atomic E-state index is 11.6. The number of aliphatic hydroxyl groups excluding tert-OH is 2. The third-order valence-corrected chi connectivity index (χ3v) is 8.52. The second-order valence-corrected chi connectivity index (χ2v) is 10.8. The number of hydrogen-bond donors (Lipinski definition) is 2. The second kappa shape index (κ2) is 11.1. The van der Waals surface area contributed by atoms with Crippen molar-refractivity contribution in [2.75, 3.05) is 7.11 Å². The van der Waals surface area contributed by atoms with Gasteiger partial charge in [0.05, 0.1) is 19.3 Å². The summed E-state index contributed by atoms with van der Waals surface area (Å²) in [7, 11) is 1.25. The number of hydrogen-bond acceptors (Lipinski definition) is 5. The van der Waals surface area contributed by atoms with Gasteiger partial charge in [0.1, 0.15) is 0 Å². The van der Waals surface area contributed by atoms with Crippen molar-refractivity contribution in [3.05, 3.63) is 23.3 Å². The Morgan fingerprint density at radius 2 is 1.88 bits per heavy atom. The van der Waals surface area contributed by atoms with Crippen molar-refractivity contribution >= 4 is 11.8 Å². The molecule has 3 aliphatic rings. The molecule has 3 rings (SSSR count). The molecule has 2 N–H and O–H groups in total. The highest BCUT2D eigenvalue weighted by atomic mass is 16.5. The molecule has 32 heavy (non-hydrogen) atoms. The van der Waals surface area contributed by atoms with Gasteiger partial charge in [-0.3, -0.25) is 4.79 Å². The number of ether oxygens (including phenoxy) is 1. The lowest BCUT2D eigenvalue weighted by atomic mass is 9.60. The summed E-state index contributed by atoms with van der Waals surface area (Å²) in [6.45, 7) is 4.85. The number of carbonyl (C=O) groups is 2. The first-order chi connectivity index (χ1) is 15.2. The van der Waals surface area contributed by atoms with Crippen LogP contribution in [0.15, 0.2) is 23.3 Å². The molecule has 180 valence electrons. The maximum absolute atomic E-state index is 11.6. The van der Waals surface area contributed by atoms with Gasteiger partial charge in [-0.1, -0.05) is 50.0 Å². The van der Waals surface area contributed by atoms with E-state index in [0.29, 0.717) is 42.4 Å². The molecule has 0 aliphatic heterocycles. The van der Waals surface area contributed by atoms with Gasteiger partial charge in [0.2, 0.25) is 5.78 Å². The zero-order valence-electron chi connectivity index (χ0n) is 20.1. The normalized spacial score (nSPS) is 34.8. The topological polar surface area (TPSA) is 83.8 Å². The molecule has 5 nitrogen and oxygen atoms in total. The van der Waals surface area contributed by atoms with Gasteiger partial charge in [-0.15, -0.1) is 0 Å². The summed E-state index contributed by atoms with van der Waals surface area (Å²) in [5, 5.41) is 19.9. The molecular weight excluding hydrogens is 404 g/mol. The number of rotatable bonds is 8. The smallest absolute Gasteiger partial charge is 0.374 e. The fourth-order valence-corrected chi connectivity index (χ4v) is 6.91. The molecule has 0 amide bonds. The molecule has 5 heteroatoms. The van der Waals surface area contributed by atoms with Gasteiger partial charge in [-0.05, 0) is 81.0 Å². The number of fused-ring (bicyclic) bond motifs is 1. The van der Waals surface area contributed by atoms with Crippen LogP contribution in [-0.4, -0.2) is 41.3 Å². The molecular formula is C27H42O5. The van der Waals surface area contributed by atoms with Crippen LogP contribution in [0.3, 0.4) is 0 Å². The van der Waals surface area contributed by atoms with Crippen molar-refractivity contribution in [2.24, 2.45) is 23.2 Å². The summed E-state index contributed by atoms with van der Waals surface area (Å²) in [5.74, 6) is 0.790. The maximum Gasteiger partial charge on any atom is 0.374 e. The minimum absolute atomic E-state index is 0.287. The highest BCUT2D eigenvalue weighted by molar-refractivity contribution is 6.33. The lowest BCUT2D eigenvalue weighted by Gasteiger charge is -2.44. The average molecular weight is 447 g/mol. The fraction of sp³-hybridized carbons (Fsp3) is 0.778. The number of ketones is 1. The molecule has 0 unspecified atom stereocenters. The third kappa shape index (κ3) is 5.91. The molecule has 0 aromatic rings. The third-order valence-electron chi connectivity index (χ3n) is 8.52. The van der Waals surface area contributed by atoms with E-state index in [0.717, 1.165) is 25.7 Å². The standard InChI is InChI=1S/C27H42O5/c1-18(7-4-5-9-25(30)26(31)32-3)23-12-13-24-20(8-6-14-27(23,24)2)11-10-19-15-21(28)17-22(29)16-19/h10-11,18,21-24,28-29H,4-9,12-17H2,1-3H3/b20-11+/t18-,21-,22-,23-,24+,27-/m1/s1. The van der Waals surface area contributed by atoms with Gasteiger partial charge < -0.3 is 14.9 Å². The number of unbranched alkanes of at least 4 members (excludes halogenated alkanes) is 1. The van der Waals surface area contributed by atoms with E-state index in [2.05, 4.69) is 30.7 Å². The van der Waals surface area contributed by atoms with Crippen LogP contribution in [0, 0.1) is 23.2 Å². The van der Waals surface area contributed by atoms with Crippen LogP contribution >= 0.6 is 0 Å². The molecule has 0 saturated heterocycles. The average Bonchev–Trinajstić information content (AvgIpc) is 3.11. The first-order valence-electron chi connectivity index (χ1n) is 12.6. The van der Waals surface area contributed by atoms with Crippen molar-refractivity contribution in [3.8, 4) is 0 Å². The summed E-state index contributed by atoms with van der Waals surface area (Å²) in [4.78, 5) is 22.9. The SMILES string of the molecule is COC(=O)C(=O)CCCC[C@@H](C)[C@H]1CC[C@H]2/C(=C/C=C3C[C@@H](O)C[C@H](O)C3)CCC[C@]12C. The predicted octanol–water partition coefficient (Wildman–Crippen LogP) is 4.90. The van der Waals surface area contributed by atoms with Crippen molar-refractivity contribution in [3.63, 3.8) is 0 Å². The van der Waals surface area contributed by atoms with E-state index in [1.807, 2.05) is 0 Å². The number of carbonyl (C=O) groups excluding carboxylic acids is 2. The monoisotopic (exact) mass is 446 g/mol. The van der Waals surface area contributed by atoms with Gasteiger partial charge in [0.25, 0.3) is 0 Å². The lowest BCUT2D eigenvalue weighted by molar-refractivity contribution is -0.151. The quantitative estimate of drug-likeness (QED) is 0.315. The molecule has 0 aromatic heterocycles. The van der Waals surface area contributed by atoms with Crippen LogP contribution in [0.5, 0.6) is 0 Å². The molecule has 0 radical (unpaired) electrons. The zero-order chi connectivity index (χ0) is 23.3. The predicted molar refractivity (Wildman–Crippen MR) is 125 cm³/mol. The lowest BCUT2D eigenvalue weighted by Crippen LogP contribution is -2.36. The summed E-state index contributed by atoms with van der Waals surface area (Å²) < 4.78 is 4.50. The van der Waals surface area contributed by atoms with E-state index in [-0.39, 0.29) is 6.42 Å². The van der Waals surface area contributed by atoms with E-state index >= 15 is 0 Å². The minimum Gasteiger partial charge on any atom is -0.463 e. The molecule has 0 heterocycles. The number of aliphatic hydroxyl groups is 2. The molecule has 6 atom stereocenters. The highest BCUT2D eigenvalue weighted by Gasteiger charge is 2.50. The second-order valence-electron chi connectivity index (χ2n) is 10.8. The Morgan fingerprint density at radius 1 is 1.16 bits per heavy atom. The Bertz CT molecular complexity index is 726. The van der Waals surface area contributed by atoms with Crippen LogP contribution in [0.25, 0.3) is 0 Å². The Morgan fingerprint density at radius 3 is 2.56 bits per heavy atom. The van der Waals surface area contributed by atoms with E-state index in [1.54, 1.807) is 5.57 Å². The minimum atomic E-state index is -0.724. The Kier molecular flexibility index (Phi) is 8.74. The largest absolute Gasteiger partial charge is 0.463 e. The molecule has 0 aromatic carbocycles. The summed E-state index contributed by atoms with van der Waals surface area (Å²) in [5.41, 5.74) is 3.05. The number of allylic oxidation sites excluding steroid dienone is 3. The van der Waals surface area contributed by atoms with Crippen LogP contribution in [0.4, 0.5) is 0 Å². The number of esters is 1. The molecule has 0 bridgehead atoms. The molecule has 3 saturated carbocycles. The van der Waals surface area contributed by atoms with E-state index < -0.39 is 24.0 Å². The van der Waals surface area contributed by atoms with E-state index in [9.17, 15) is 19.8 Å². The van der Waals surface area contributed by atoms with Gasteiger partial charge >= 0.3 is 5.97 Å². The van der Waals surface area contributed by atoms with Crippen molar-refractivity contribution in [2.45, 2.75) is 103 Å². The van der Waals surface area contributed by atoms with Crippen LogP contribution in [0.2, 0.25) is 0 Å². The molecule has 3 aliphatic carbocycles.